The Morgan fingerprint density at radius 2 is 2.00 bits per heavy atom. The van der Waals surface area contributed by atoms with Crippen LogP contribution in [0.2, 0.25) is 0 Å². The molecule has 4 rings (SSSR count). The van der Waals surface area contributed by atoms with Crippen molar-refractivity contribution in [3.63, 3.8) is 0 Å². The number of rotatable bonds is 6. The van der Waals surface area contributed by atoms with Crippen LogP contribution in [-0.4, -0.2) is 38.9 Å². The summed E-state index contributed by atoms with van der Waals surface area (Å²) in [5.41, 5.74) is 0. The highest BCUT2D eigenvalue weighted by atomic mass is 16.6. The molecule has 2 fully saturated rings. The van der Waals surface area contributed by atoms with Gasteiger partial charge in [-0.2, -0.15) is 9.97 Å². The van der Waals surface area contributed by atoms with E-state index in [9.17, 15) is 4.79 Å². The monoisotopic (exact) mass is 386 g/mol. The van der Waals surface area contributed by atoms with Gasteiger partial charge >= 0.3 is 6.09 Å². The molecule has 2 aromatic heterocycles. The summed E-state index contributed by atoms with van der Waals surface area (Å²) >= 11 is 0. The van der Waals surface area contributed by atoms with Crippen LogP contribution in [-0.2, 0) is 4.74 Å². The van der Waals surface area contributed by atoms with E-state index in [1.165, 1.54) is 12.8 Å². The number of hydrogen-bond donors (Lipinski definition) is 1. The summed E-state index contributed by atoms with van der Waals surface area (Å²) in [7, 11) is 0. The second kappa shape index (κ2) is 7.73. The van der Waals surface area contributed by atoms with E-state index in [1.54, 1.807) is 17.2 Å². The van der Waals surface area contributed by atoms with Gasteiger partial charge in [-0.05, 0) is 31.7 Å². The van der Waals surface area contributed by atoms with Gasteiger partial charge in [0.05, 0.1) is 6.04 Å². The highest BCUT2D eigenvalue weighted by molar-refractivity contribution is 5.89. The van der Waals surface area contributed by atoms with Gasteiger partial charge < -0.3 is 14.6 Å². The lowest BCUT2D eigenvalue weighted by Gasteiger charge is -2.23. The summed E-state index contributed by atoms with van der Waals surface area (Å²) in [6.07, 6.45) is 5.93. The van der Waals surface area contributed by atoms with E-state index in [2.05, 4.69) is 39.3 Å². The van der Waals surface area contributed by atoms with Crippen LogP contribution in [0.1, 0.15) is 70.1 Å². The molecule has 1 saturated carbocycles. The molecular formula is C19H26N6O3. The second-order valence-corrected chi connectivity index (χ2v) is 7.83. The Labute approximate surface area is 163 Å². The number of amides is 1. The molecule has 9 nitrogen and oxygen atoms in total. The predicted octanol–water partition coefficient (Wildman–Crippen LogP) is 3.67. The van der Waals surface area contributed by atoms with Crippen molar-refractivity contribution in [2.45, 2.75) is 64.5 Å². The van der Waals surface area contributed by atoms with Crippen molar-refractivity contribution in [2.24, 2.45) is 5.92 Å². The zero-order valence-electron chi connectivity index (χ0n) is 16.5. The van der Waals surface area contributed by atoms with Gasteiger partial charge in [0.1, 0.15) is 18.5 Å². The second-order valence-electron chi connectivity index (χ2n) is 7.83. The zero-order valence-corrected chi connectivity index (χ0v) is 16.5. The molecule has 2 aromatic rings. The summed E-state index contributed by atoms with van der Waals surface area (Å²) < 4.78 is 10.7. The molecule has 0 bridgehead atoms. The van der Waals surface area contributed by atoms with Crippen LogP contribution in [0.4, 0.5) is 16.6 Å². The van der Waals surface area contributed by atoms with Crippen molar-refractivity contribution in [1.82, 2.24) is 20.1 Å². The third-order valence-electron chi connectivity index (χ3n) is 5.46. The van der Waals surface area contributed by atoms with E-state index in [0.717, 1.165) is 18.7 Å². The molecule has 2 atom stereocenters. The predicted molar refractivity (Wildman–Crippen MR) is 102 cm³/mol. The van der Waals surface area contributed by atoms with Crippen molar-refractivity contribution < 1.29 is 14.1 Å². The highest BCUT2D eigenvalue weighted by Gasteiger charge is 2.37. The number of carbonyl (C=O) groups is 1. The number of anilines is 2. The third kappa shape index (κ3) is 3.65. The van der Waals surface area contributed by atoms with Crippen LogP contribution < -0.4 is 10.2 Å². The summed E-state index contributed by atoms with van der Waals surface area (Å²) in [6.45, 7) is 6.40. The molecule has 1 aliphatic carbocycles. The van der Waals surface area contributed by atoms with Crippen LogP contribution in [0.3, 0.4) is 0 Å². The maximum atomic E-state index is 12.2. The van der Waals surface area contributed by atoms with Crippen LogP contribution in [0.15, 0.2) is 16.8 Å². The Morgan fingerprint density at radius 3 is 2.75 bits per heavy atom. The number of nitrogens with one attached hydrogen (secondary N) is 1. The topological polar surface area (TPSA) is 106 Å². The van der Waals surface area contributed by atoms with E-state index >= 15 is 0 Å². The molecule has 1 aliphatic heterocycles. The van der Waals surface area contributed by atoms with Gasteiger partial charge in [-0.15, -0.1) is 0 Å². The lowest BCUT2D eigenvalue weighted by Crippen LogP contribution is -2.37. The van der Waals surface area contributed by atoms with Crippen molar-refractivity contribution >= 4 is 17.9 Å². The molecule has 2 aliphatic rings. The Bertz CT molecular complexity index is 833. The number of nitrogens with zero attached hydrogens (tertiary/aromatic N) is 5. The summed E-state index contributed by atoms with van der Waals surface area (Å²) in [5.74, 6) is 2.87. The zero-order chi connectivity index (χ0) is 19.7. The average Bonchev–Trinajstić information content (AvgIpc) is 3.42. The van der Waals surface area contributed by atoms with Crippen molar-refractivity contribution in [1.29, 1.82) is 0 Å². The Kier molecular flexibility index (Phi) is 5.15. The fourth-order valence-electron chi connectivity index (χ4n) is 3.77. The first-order chi connectivity index (χ1) is 13.5. The van der Waals surface area contributed by atoms with Gasteiger partial charge in [0.25, 0.3) is 0 Å². The smallest absolute Gasteiger partial charge is 0.415 e. The lowest BCUT2D eigenvalue weighted by atomic mass is 10.0. The van der Waals surface area contributed by atoms with Gasteiger partial charge in [0.15, 0.2) is 5.82 Å². The standard InChI is InChI=1S/C19H26N6O3/c1-11(2)14-10-27-19(26)25(14)15-8-9-20-18(22-15)21-12(3)17-23-16(24-28-17)13-6-4-5-7-13/h8-9,11-14H,4-7,10H2,1-3H3,(H,20,21,22)/t12-,14?/m1/s1. The molecule has 0 aromatic carbocycles. The van der Waals surface area contributed by atoms with Crippen molar-refractivity contribution in [3.8, 4) is 0 Å². The number of aromatic nitrogens is 4. The van der Waals surface area contributed by atoms with Gasteiger partial charge in [-0.25, -0.2) is 9.78 Å². The van der Waals surface area contributed by atoms with E-state index in [0.29, 0.717) is 30.2 Å². The van der Waals surface area contributed by atoms with E-state index in [-0.39, 0.29) is 24.1 Å². The molecule has 3 heterocycles. The minimum Gasteiger partial charge on any atom is -0.447 e. The van der Waals surface area contributed by atoms with Crippen LogP contribution in [0.5, 0.6) is 0 Å². The Hall–Kier alpha value is -2.71. The molecule has 9 heteroatoms. The number of carbonyl (C=O) groups excluding carboxylic acids is 1. The minimum absolute atomic E-state index is 0.0439. The van der Waals surface area contributed by atoms with Crippen molar-refractivity contribution in [3.05, 3.63) is 24.0 Å². The number of hydrogen-bond acceptors (Lipinski definition) is 8. The maximum absolute atomic E-state index is 12.2. The highest BCUT2D eigenvalue weighted by Crippen LogP contribution is 2.33. The van der Waals surface area contributed by atoms with Crippen molar-refractivity contribution in [2.75, 3.05) is 16.8 Å². The summed E-state index contributed by atoms with van der Waals surface area (Å²) in [4.78, 5) is 27.1. The first kappa shape index (κ1) is 18.6. The first-order valence-electron chi connectivity index (χ1n) is 9.92. The molecule has 0 spiro atoms. The number of ether oxygens (including phenoxy) is 1. The summed E-state index contributed by atoms with van der Waals surface area (Å²) in [6, 6.07) is 1.42. The molecule has 0 radical (unpaired) electrons. The molecule has 150 valence electrons. The Morgan fingerprint density at radius 1 is 1.21 bits per heavy atom. The largest absolute Gasteiger partial charge is 0.447 e. The third-order valence-corrected chi connectivity index (χ3v) is 5.46. The quantitative estimate of drug-likeness (QED) is 0.801. The van der Waals surface area contributed by atoms with Gasteiger partial charge in [-0.3, -0.25) is 4.90 Å². The maximum Gasteiger partial charge on any atom is 0.415 e. The van der Waals surface area contributed by atoms with E-state index in [1.807, 2.05) is 6.92 Å². The fraction of sp³-hybridized carbons (Fsp3) is 0.632. The molecule has 1 N–H and O–H groups in total. The van der Waals surface area contributed by atoms with Gasteiger partial charge in [0.2, 0.25) is 11.8 Å². The van der Waals surface area contributed by atoms with Gasteiger partial charge in [-0.1, -0.05) is 31.8 Å². The average molecular weight is 386 g/mol. The molecular weight excluding hydrogens is 360 g/mol. The molecule has 1 saturated heterocycles. The van der Waals surface area contributed by atoms with Crippen LogP contribution in [0, 0.1) is 5.92 Å². The number of cyclic esters (lactones) is 1. The molecule has 1 unspecified atom stereocenters. The molecule has 28 heavy (non-hydrogen) atoms. The van der Waals surface area contributed by atoms with Gasteiger partial charge in [0, 0.05) is 12.1 Å². The lowest BCUT2D eigenvalue weighted by molar-refractivity contribution is 0.177. The Balaban J connectivity index is 1.48. The normalized spacial score (nSPS) is 21.4. The molecule has 1 amide bonds. The fourth-order valence-corrected chi connectivity index (χ4v) is 3.77. The van der Waals surface area contributed by atoms with E-state index in [4.69, 9.17) is 9.26 Å². The van der Waals surface area contributed by atoms with Crippen LogP contribution >= 0.6 is 0 Å². The SMILES string of the molecule is CC(C)C1COC(=O)N1c1ccnc(N[C@H](C)c2nc(C3CCCC3)no2)n1. The van der Waals surface area contributed by atoms with E-state index < -0.39 is 0 Å². The first-order valence-corrected chi connectivity index (χ1v) is 9.92. The summed E-state index contributed by atoms with van der Waals surface area (Å²) in [5, 5.41) is 7.33. The minimum atomic E-state index is -0.380. The van der Waals surface area contributed by atoms with Crippen LogP contribution in [0.25, 0.3) is 0 Å².